The molecular formula is C11H22N2O3. The van der Waals surface area contributed by atoms with E-state index in [0.29, 0.717) is 6.54 Å². The maximum absolute atomic E-state index is 11.4. The first-order chi connectivity index (χ1) is 7.29. The van der Waals surface area contributed by atoms with Gasteiger partial charge in [-0.3, -0.25) is 9.59 Å². The highest BCUT2D eigenvalue weighted by atomic mass is 16.4. The summed E-state index contributed by atoms with van der Waals surface area (Å²) in [6.45, 7) is 7.39. The summed E-state index contributed by atoms with van der Waals surface area (Å²) >= 11 is 0. The van der Waals surface area contributed by atoms with Crippen LogP contribution < -0.4 is 5.32 Å². The van der Waals surface area contributed by atoms with E-state index in [1.807, 2.05) is 14.0 Å². The van der Waals surface area contributed by atoms with Crippen LogP contribution in [-0.2, 0) is 9.59 Å². The summed E-state index contributed by atoms with van der Waals surface area (Å²) in [5.41, 5.74) is -0.999. The Hall–Kier alpha value is -1.10. The topological polar surface area (TPSA) is 69.6 Å². The molecule has 0 aromatic rings. The molecule has 0 saturated carbocycles. The van der Waals surface area contributed by atoms with Gasteiger partial charge >= 0.3 is 5.97 Å². The Kier molecular flexibility index (Phi) is 6.03. The summed E-state index contributed by atoms with van der Waals surface area (Å²) in [7, 11) is 1.97. The summed E-state index contributed by atoms with van der Waals surface area (Å²) in [5.74, 6) is -1.16. The van der Waals surface area contributed by atoms with Crippen molar-refractivity contribution in [1.82, 2.24) is 10.2 Å². The standard InChI is InChI=1S/C11H22N2O3/c1-5-13(4)7-6-12-9(14)8-11(2,3)10(15)16/h5-8H2,1-4H3,(H,12,14)(H,15,16). The molecule has 2 N–H and O–H groups in total. The zero-order chi connectivity index (χ0) is 12.8. The first kappa shape index (κ1) is 14.9. The van der Waals surface area contributed by atoms with E-state index in [1.54, 1.807) is 13.8 Å². The number of hydrogen-bond donors (Lipinski definition) is 2. The van der Waals surface area contributed by atoms with Crippen molar-refractivity contribution in [2.75, 3.05) is 26.7 Å². The van der Waals surface area contributed by atoms with Gasteiger partial charge in [-0.1, -0.05) is 6.92 Å². The van der Waals surface area contributed by atoms with Crippen molar-refractivity contribution < 1.29 is 14.7 Å². The molecule has 0 heterocycles. The van der Waals surface area contributed by atoms with E-state index < -0.39 is 11.4 Å². The molecule has 16 heavy (non-hydrogen) atoms. The number of amides is 1. The van der Waals surface area contributed by atoms with Crippen LogP contribution in [0, 0.1) is 5.41 Å². The first-order valence-electron chi connectivity index (χ1n) is 5.48. The van der Waals surface area contributed by atoms with Gasteiger partial charge in [-0.15, -0.1) is 0 Å². The van der Waals surface area contributed by atoms with Gasteiger partial charge in [-0.25, -0.2) is 0 Å². The molecule has 0 aromatic carbocycles. The highest BCUT2D eigenvalue weighted by Crippen LogP contribution is 2.19. The molecule has 0 saturated heterocycles. The van der Waals surface area contributed by atoms with Crippen LogP contribution in [0.15, 0.2) is 0 Å². The van der Waals surface area contributed by atoms with Gasteiger partial charge in [0.15, 0.2) is 0 Å². The Morgan fingerprint density at radius 1 is 1.38 bits per heavy atom. The van der Waals surface area contributed by atoms with Gasteiger partial charge in [0.05, 0.1) is 5.41 Å². The van der Waals surface area contributed by atoms with E-state index in [9.17, 15) is 9.59 Å². The lowest BCUT2D eigenvalue weighted by Gasteiger charge is -2.19. The molecule has 0 aliphatic rings. The summed E-state index contributed by atoms with van der Waals surface area (Å²) in [5, 5.41) is 11.6. The quantitative estimate of drug-likeness (QED) is 0.670. The van der Waals surface area contributed by atoms with E-state index in [1.165, 1.54) is 0 Å². The van der Waals surface area contributed by atoms with Crippen LogP contribution in [0.2, 0.25) is 0 Å². The maximum Gasteiger partial charge on any atom is 0.309 e. The number of rotatable bonds is 7. The summed E-state index contributed by atoms with van der Waals surface area (Å²) < 4.78 is 0. The second kappa shape index (κ2) is 6.48. The zero-order valence-corrected chi connectivity index (χ0v) is 10.5. The highest BCUT2D eigenvalue weighted by molar-refractivity contribution is 5.84. The third kappa shape index (κ3) is 5.70. The third-order valence-electron chi connectivity index (χ3n) is 2.54. The fourth-order valence-electron chi connectivity index (χ4n) is 1.08. The molecule has 5 heteroatoms. The Balaban J connectivity index is 3.87. The Labute approximate surface area is 96.8 Å². The van der Waals surface area contributed by atoms with E-state index in [-0.39, 0.29) is 12.3 Å². The van der Waals surface area contributed by atoms with E-state index >= 15 is 0 Å². The van der Waals surface area contributed by atoms with E-state index in [4.69, 9.17) is 5.11 Å². The molecule has 5 nitrogen and oxygen atoms in total. The first-order valence-corrected chi connectivity index (χ1v) is 5.48. The molecule has 0 aliphatic heterocycles. The van der Waals surface area contributed by atoms with Crippen LogP contribution >= 0.6 is 0 Å². The number of carboxylic acids is 1. The number of carboxylic acid groups (broad SMARTS) is 1. The average molecular weight is 230 g/mol. The minimum absolute atomic E-state index is 0.0121. The Morgan fingerprint density at radius 2 is 1.94 bits per heavy atom. The molecule has 0 bridgehead atoms. The van der Waals surface area contributed by atoms with Crippen molar-refractivity contribution in [3.8, 4) is 0 Å². The zero-order valence-electron chi connectivity index (χ0n) is 10.5. The smallest absolute Gasteiger partial charge is 0.309 e. The maximum atomic E-state index is 11.4. The lowest BCUT2D eigenvalue weighted by molar-refractivity contribution is -0.149. The van der Waals surface area contributed by atoms with Crippen LogP contribution in [0.4, 0.5) is 0 Å². The van der Waals surface area contributed by atoms with Crippen molar-refractivity contribution >= 4 is 11.9 Å². The lowest BCUT2D eigenvalue weighted by Crippen LogP contribution is -2.37. The predicted octanol–water partition coefficient (Wildman–Crippen LogP) is 0.555. The van der Waals surface area contributed by atoms with E-state index in [0.717, 1.165) is 13.1 Å². The molecule has 0 rings (SSSR count). The Morgan fingerprint density at radius 3 is 2.38 bits per heavy atom. The monoisotopic (exact) mass is 230 g/mol. The van der Waals surface area contributed by atoms with Gasteiger partial charge in [0.2, 0.25) is 5.91 Å². The number of hydrogen-bond acceptors (Lipinski definition) is 3. The molecule has 0 radical (unpaired) electrons. The van der Waals surface area contributed by atoms with Crippen LogP contribution in [0.5, 0.6) is 0 Å². The molecule has 1 amide bonds. The minimum Gasteiger partial charge on any atom is -0.481 e. The summed E-state index contributed by atoms with van der Waals surface area (Å²) in [6.07, 6.45) is 0.0121. The minimum atomic E-state index is -0.999. The predicted molar refractivity (Wildman–Crippen MR) is 62.2 cm³/mol. The number of carbonyl (C=O) groups is 2. The van der Waals surface area contributed by atoms with Crippen LogP contribution in [-0.4, -0.2) is 48.6 Å². The van der Waals surface area contributed by atoms with Gasteiger partial charge < -0.3 is 15.3 Å². The average Bonchev–Trinajstić information content (AvgIpc) is 2.16. The molecule has 94 valence electrons. The van der Waals surface area contributed by atoms with Gasteiger partial charge in [-0.2, -0.15) is 0 Å². The van der Waals surface area contributed by atoms with Crippen LogP contribution in [0.1, 0.15) is 27.2 Å². The summed E-state index contributed by atoms with van der Waals surface area (Å²) in [4.78, 5) is 24.3. The van der Waals surface area contributed by atoms with Gasteiger partial charge in [0.1, 0.15) is 0 Å². The normalized spacial score (nSPS) is 11.6. The van der Waals surface area contributed by atoms with Crippen molar-refractivity contribution in [3.63, 3.8) is 0 Å². The van der Waals surface area contributed by atoms with Crippen molar-refractivity contribution in [1.29, 1.82) is 0 Å². The van der Waals surface area contributed by atoms with Crippen LogP contribution in [0.3, 0.4) is 0 Å². The molecule has 0 fully saturated rings. The van der Waals surface area contributed by atoms with Crippen LogP contribution in [0.25, 0.3) is 0 Å². The second-order valence-electron chi connectivity index (χ2n) is 4.61. The second-order valence-corrected chi connectivity index (χ2v) is 4.61. The molecule has 0 atom stereocenters. The van der Waals surface area contributed by atoms with E-state index in [2.05, 4.69) is 10.2 Å². The van der Waals surface area contributed by atoms with Crippen molar-refractivity contribution in [2.24, 2.45) is 5.41 Å². The molecular weight excluding hydrogens is 208 g/mol. The van der Waals surface area contributed by atoms with Crippen molar-refractivity contribution in [3.05, 3.63) is 0 Å². The number of nitrogens with zero attached hydrogens (tertiary/aromatic N) is 1. The number of likely N-dealkylation sites (N-methyl/N-ethyl adjacent to an activating group) is 1. The van der Waals surface area contributed by atoms with Gasteiger partial charge in [0, 0.05) is 19.5 Å². The molecule has 0 aliphatic carbocycles. The largest absolute Gasteiger partial charge is 0.481 e. The molecule has 0 aromatic heterocycles. The molecule has 0 unspecified atom stereocenters. The summed E-state index contributed by atoms with van der Waals surface area (Å²) in [6, 6.07) is 0. The molecule has 0 spiro atoms. The highest BCUT2D eigenvalue weighted by Gasteiger charge is 2.29. The SMILES string of the molecule is CCN(C)CCNC(=O)CC(C)(C)C(=O)O. The number of carbonyl (C=O) groups excluding carboxylic acids is 1. The third-order valence-corrected chi connectivity index (χ3v) is 2.54. The fraction of sp³-hybridized carbons (Fsp3) is 0.818. The number of aliphatic carboxylic acids is 1. The Bertz CT molecular complexity index is 252. The van der Waals surface area contributed by atoms with Gasteiger partial charge in [-0.05, 0) is 27.4 Å². The lowest BCUT2D eigenvalue weighted by atomic mass is 9.89. The van der Waals surface area contributed by atoms with Crippen molar-refractivity contribution in [2.45, 2.75) is 27.2 Å². The van der Waals surface area contributed by atoms with Gasteiger partial charge in [0.25, 0.3) is 0 Å². The fourth-order valence-corrected chi connectivity index (χ4v) is 1.08. The number of nitrogens with one attached hydrogen (secondary N) is 1.